The summed E-state index contributed by atoms with van der Waals surface area (Å²) in [6.45, 7) is 1.55. The lowest BCUT2D eigenvalue weighted by Crippen LogP contribution is -2.39. The summed E-state index contributed by atoms with van der Waals surface area (Å²) in [6.07, 6.45) is 1.96. The van der Waals surface area contributed by atoms with Crippen LogP contribution in [0.15, 0.2) is 42.5 Å². The Morgan fingerprint density at radius 3 is 2.78 bits per heavy atom. The van der Waals surface area contributed by atoms with Gasteiger partial charge in [0, 0.05) is 5.02 Å². The lowest BCUT2D eigenvalue weighted by atomic mass is 9.87. The Bertz CT molecular complexity index is 852. The van der Waals surface area contributed by atoms with Gasteiger partial charge in [-0.15, -0.1) is 0 Å². The monoisotopic (exact) mass is 387 g/mol. The Kier molecular flexibility index (Phi) is 6.01. The molecule has 0 unspecified atom stereocenters. The molecule has 0 spiro atoms. The van der Waals surface area contributed by atoms with Crippen molar-refractivity contribution < 1.29 is 19.1 Å². The Morgan fingerprint density at radius 2 is 2.00 bits per heavy atom. The van der Waals surface area contributed by atoms with Gasteiger partial charge in [-0.05, 0) is 55.5 Å². The number of methoxy groups -OCH3 is 1. The van der Waals surface area contributed by atoms with Crippen LogP contribution >= 0.6 is 11.6 Å². The number of carbonyl (C=O) groups is 2. The van der Waals surface area contributed by atoms with Crippen molar-refractivity contribution in [3.63, 3.8) is 0 Å². The molecule has 27 heavy (non-hydrogen) atoms. The zero-order valence-corrected chi connectivity index (χ0v) is 16.1. The van der Waals surface area contributed by atoms with Crippen LogP contribution in [0.3, 0.4) is 0 Å². The van der Waals surface area contributed by atoms with Gasteiger partial charge in [-0.2, -0.15) is 0 Å². The first-order valence-electron chi connectivity index (χ1n) is 8.92. The molecule has 0 saturated heterocycles. The van der Waals surface area contributed by atoms with Crippen LogP contribution in [-0.2, 0) is 16.0 Å². The van der Waals surface area contributed by atoms with Crippen LogP contribution in [0.4, 0.5) is 0 Å². The fraction of sp³-hybridized carbons (Fsp3) is 0.333. The van der Waals surface area contributed by atoms with Crippen molar-refractivity contribution in [1.29, 1.82) is 0 Å². The number of nitrogens with one attached hydrogen (secondary N) is 1. The molecule has 2 aromatic rings. The topological polar surface area (TPSA) is 64.6 Å². The first kappa shape index (κ1) is 19.2. The number of hydrogen-bond acceptors (Lipinski definition) is 4. The summed E-state index contributed by atoms with van der Waals surface area (Å²) in [5.74, 6) is -0.634. The van der Waals surface area contributed by atoms with Gasteiger partial charge in [-0.25, -0.2) is 4.79 Å². The van der Waals surface area contributed by atoms with E-state index in [1.807, 2.05) is 18.2 Å². The van der Waals surface area contributed by atoms with Crippen LogP contribution in [-0.4, -0.2) is 25.1 Å². The van der Waals surface area contributed by atoms with Crippen molar-refractivity contribution in [2.24, 2.45) is 0 Å². The van der Waals surface area contributed by atoms with Gasteiger partial charge in [0.25, 0.3) is 5.91 Å². The maximum atomic E-state index is 12.6. The highest BCUT2D eigenvalue weighted by Crippen LogP contribution is 2.29. The molecule has 0 saturated carbocycles. The Balaban J connectivity index is 1.67. The molecule has 0 aromatic heterocycles. The van der Waals surface area contributed by atoms with E-state index >= 15 is 0 Å². The maximum absolute atomic E-state index is 12.6. The highest BCUT2D eigenvalue weighted by Gasteiger charge is 2.26. The van der Waals surface area contributed by atoms with E-state index in [4.69, 9.17) is 21.1 Å². The first-order chi connectivity index (χ1) is 13.0. The molecule has 0 bridgehead atoms. The fourth-order valence-electron chi connectivity index (χ4n) is 3.31. The Labute approximate surface area is 163 Å². The third kappa shape index (κ3) is 4.42. The predicted octanol–water partition coefficient (Wildman–Crippen LogP) is 4.09. The van der Waals surface area contributed by atoms with Gasteiger partial charge in [0.2, 0.25) is 0 Å². The number of carbonyl (C=O) groups excluding carboxylic acids is 2. The number of rotatable bonds is 5. The van der Waals surface area contributed by atoms with Crippen LogP contribution in [0.25, 0.3) is 0 Å². The third-order valence-corrected chi connectivity index (χ3v) is 4.96. The Hall–Kier alpha value is -2.53. The first-order valence-corrected chi connectivity index (χ1v) is 9.30. The molecule has 1 amide bonds. The maximum Gasteiger partial charge on any atom is 0.342 e. The van der Waals surface area contributed by atoms with Gasteiger partial charge in [-0.1, -0.05) is 35.9 Å². The third-order valence-electron chi connectivity index (χ3n) is 4.72. The highest BCUT2D eigenvalue weighted by atomic mass is 35.5. The molecule has 0 aliphatic heterocycles. The lowest BCUT2D eigenvalue weighted by molar-refractivity contribution is -0.130. The summed E-state index contributed by atoms with van der Waals surface area (Å²) < 4.78 is 10.5. The van der Waals surface area contributed by atoms with Crippen LogP contribution in [0, 0.1) is 0 Å². The van der Waals surface area contributed by atoms with E-state index in [-0.39, 0.29) is 17.5 Å². The predicted molar refractivity (Wildman–Crippen MR) is 103 cm³/mol. The minimum absolute atomic E-state index is 0.0655. The standard InChI is InChI=1S/C21H22ClNO4/c1-13(27-21(25)17-12-15(22)10-11-19(17)26-2)20(24)23-18-9-5-7-14-6-3-4-8-16(14)18/h3-4,6,8,10-13,18H,5,7,9H2,1-2H3,(H,23,24)/t13-,18+/m1/s1. The quantitative estimate of drug-likeness (QED) is 0.785. The second-order valence-corrected chi connectivity index (χ2v) is 6.98. The largest absolute Gasteiger partial charge is 0.496 e. The smallest absolute Gasteiger partial charge is 0.342 e. The molecular formula is C21H22ClNO4. The highest BCUT2D eigenvalue weighted by molar-refractivity contribution is 6.31. The number of aryl methyl sites for hydroxylation is 1. The summed E-state index contributed by atoms with van der Waals surface area (Å²) >= 11 is 5.95. The number of halogens is 1. The molecule has 1 aliphatic rings. The number of ether oxygens (including phenoxy) is 2. The SMILES string of the molecule is COc1ccc(Cl)cc1C(=O)O[C@H](C)C(=O)N[C@H]1CCCc2ccccc21. The zero-order valence-electron chi connectivity index (χ0n) is 15.3. The molecule has 0 radical (unpaired) electrons. The molecule has 1 aliphatic carbocycles. The number of hydrogen-bond donors (Lipinski definition) is 1. The second-order valence-electron chi connectivity index (χ2n) is 6.54. The number of fused-ring (bicyclic) bond motifs is 1. The molecule has 1 N–H and O–H groups in total. The van der Waals surface area contributed by atoms with E-state index < -0.39 is 12.1 Å². The van der Waals surface area contributed by atoms with Crippen LogP contribution < -0.4 is 10.1 Å². The van der Waals surface area contributed by atoms with Gasteiger partial charge >= 0.3 is 5.97 Å². The minimum atomic E-state index is -0.935. The van der Waals surface area contributed by atoms with Gasteiger partial charge in [0.15, 0.2) is 6.10 Å². The van der Waals surface area contributed by atoms with Crippen molar-refractivity contribution in [2.75, 3.05) is 7.11 Å². The normalized spacial score (nSPS) is 16.8. The fourth-order valence-corrected chi connectivity index (χ4v) is 3.48. The molecule has 5 nitrogen and oxygen atoms in total. The summed E-state index contributed by atoms with van der Waals surface area (Å²) in [6, 6.07) is 12.7. The summed E-state index contributed by atoms with van der Waals surface area (Å²) in [4.78, 5) is 25.0. The van der Waals surface area contributed by atoms with Crippen LogP contribution in [0.1, 0.15) is 47.3 Å². The zero-order chi connectivity index (χ0) is 19.4. The van der Waals surface area contributed by atoms with Crippen LogP contribution in [0.5, 0.6) is 5.75 Å². The van der Waals surface area contributed by atoms with E-state index in [9.17, 15) is 9.59 Å². The number of esters is 1. The summed E-state index contributed by atoms with van der Waals surface area (Å²) in [5, 5.41) is 3.39. The van der Waals surface area contributed by atoms with Gasteiger partial charge < -0.3 is 14.8 Å². The van der Waals surface area contributed by atoms with E-state index in [0.717, 1.165) is 24.8 Å². The van der Waals surface area contributed by atoms with E-state index in [1.165, 1.54) is 18.7 Å². The summed E-state index contributed by atoms with van der Waals surface area (Å²) in [5.41, 5.74) is 2.57. The van der Waals surface area contributed by atoms with E-state index in [0.29, 0.717) is 10.8 Å². The van der Waals surface area contributed by atoms with Gasteiger partial charge in [0.1, 0.15) is 11.3 Å². The van der Waals surface area contributed by atoms with Crippen LogP contribution in [0.2, 0.25) is 5.02 Å². The molecule has 0 heterocycles. The summed E-state index contributed by atoms with van der Waals surface area (Å²) in [7, 11) is 1.46. The second kappa shape index (κ2) is 8.44. The molecule has 0 fully saturated rings. The van der Waals surface area contributed by atoms with Crippen molar-refractivity contribution in [2.45, 2.75) is 38.3 Å². The van der Waals surface area contributed by atoms with Crippen molar-refractivity contribution in [1.82, 2.24) is 5.32 Å². The van der Waals surface area contributed by atoms with Crippen molar-refractivity contribution >= 4 is 23.5 Å². The molecule has 2 atom stereocenters. The van der Waals surface area contributed by atoms with Crippen molar-refractivity contribution in [3.05, 3.63) is 64.2 Å². The van der Waals surface area contributed by atoms with Crippen molar-refractivity contribution in [3.8, 4) is 5.75 Å². The average molecular weight is 388 g/mol. The number of benzene rings is 2. The molecule has 6 heteroatoms. The average Bonchev–Trinajstić information content (AvgIpc) is 2.68. The lowest BCUT2D eigenvalue weighted by Gasteiger charge is -2.27. The van der Waals surface area contributed by atoms with Gasteiger partial charge in [0.05, 0.1) is 13.2 Å². The minimum Gasteiger partial charge on any atom is -0.496 e. The van der Waals surface area contributed by atoms with E-state index in [1.54, 1.807) is 19.1 Å². The van der Waals surface area contributed by atoms with E-state index in [2.05, 4.69) is 11.4 Å². The molecule has 2 aromatic carbocycles. The molecular weight excluding hydrogens is 366 g/mol. The molecule has 3 rings (SSSR count). The Morgan fingerprint density at radius 1 is 1.22 bits per heavy atom. The van der Waals surface area contributed by atoms with Gasteiger partial charge in [-0.3, -0.25) is 4.79 Å². The number of amides is 1. The molecule has 142 valence electrons.